The van der Waals surface area contributed by atoms with Gasteiger partial charge in [0.25, 0.3) is 0 Å². The van der Waals surface area contributed by atoms with Crippen LogP contribution >= 0.6 is 11.3 Å². The van der Waals surface area contributed by atoms with Crippen molar-refractivity contribution in [1.82, 2.24) is 0 Å². The van der Waals surface area contributed by atoms with Crippen molar-refractivity contribution in [3.8, 4) is 16.5 Å². The summed E-state index contributed by atoms with van der Waals surface area (Å²) >= 11 is 1.41. The zero-order chi connectivity index (χ0) is 15.2. The summed E-state index contributed by atoms with van der Waals surface area (Å²) < 4.78 is 0. The van der Waals surface area contributed by atoms with Gasteiger partial charge in [-0.25, -0.2) is 0 Å². The number of nitrogens with zero attached hydrogens (tertiary/aromatic N) is 2. The number of nitriles is 1. The summed E-state index contributed by atoms with van der Waals surface area (Å²) in [5.74, 6) is -0.937. The van der Waals surface area contributed by atoms with Crippen LogP contribution in [0.4, 0.5) is 0 Å². The van der Waals surface area contributed by atoms with Crippen LogP contribution in [0.5, 0.6) is 0 Å². The molecule has 0 saturated heterocycles. The summed E-state index contributed by atoms with van der Waals surface area (Å²) in [6, 6.07) is 12.2. The average molecular weight is 300 g/mol. The van der Waals surface area contributed by atoms with Gasteiger partial charge in [-0.05, 0) is 36.2 Å². The summed E-state index contributed by atoms with van der Waals surface area (Å²) in [4.78, 5) is 23.2. The molecular weight excluding hydrogens is 288 g/mol. The first kappa shape index (κ1) is 14.9. The Morgan fingerprint density at radius 1 is 1.29 bits per heavy atom. The molecule has 1 unspecified atom stereocenters. The van der Waals surface area contributed by atoms with Crippen molar-refractivity contribution >= 4 is 17.3 Å². The highest BCUT2D eigenvalue weighted by molar-refractivity contribution is 7.15. The highest BCUT2D eigenvalue weighted by atomic mass is 32.1. The maximum absolute atomic E-state index is 10.9. The number of thiophene rings is 1. The van der Waals surface area contributed by atoms with Crippen molar-refractivity contribution < 1.29 is 9.90 Å². The molecule has 0 aliphatic carbocycles. The van der Waals surface area contributed by atoms with E-state index in [1.165, 1.54) is 11.3 Å². The van der Waals surface area contributed by atoms with Crippen LogP contribution in [-0.2, 0) is 4.79 Å². The third-order valence-electron chi connectivity index (χ3n) is 3.01. The number of benzene rings is 1. The first-order valence-electron chi connectivity index (χ1n) is 6.28. The summed E-state index contributed by atoms with van der Waals surface area (Å²) in [5, 5.41) is 20.5. The summed E-state index contributed by atoms with van der Waals surface area (Å²) in [7, 11) is 0. The number of carboxylic acid groups (broad SMARTS) is 1. The van der Waals surface area contributed by atoms with Crippen molar-refractivity contribution in [2.45, 2.75) is 18.9 Å². The Bertz CT molecular complexity index is 686. The molecule has 1 atom stereocenters. The van der Waals surface area contributed by atoms with E-state index in [2.05, 4.69) is 11.2 Å². The molecule has 1 heterocycles. The number of carbonyl (C=O) groups is 1. The molecule has 5 nitrogen and oxygen atoms in total. The molecule has 1 aromatic heterocycles. The van der Waals surface area contributed by atoms with Crippen LogP contribution in [0.25, 0.3) is 10.4 Å². The molecule has 2 rings (SSSR count). The largest absolute Gasteiger partial charge is 0.481 e. The summed E-state index contributed by atoms with van der Waals surface area (Å²) in [5.41, 5.74) is 1.54. The lowest BCUT2D eigenvalue weighted by atomic mass is 10.1. The maximum atomic E-state index is 10.9. The molecule has 1 N–H and O–H groups in total. The number of aliphatic carboxylic acids is 1. The number of rotatable bonds is 6. The van der Waals surface area contributed by atoms with Gasteiger partial charge in [-0.3, -0.25) is 4.79 Å². The van der Waals surface area contributed by atoms with Gasteiger partial charge in [0, 0.05) is 16.2 Å². The first-order valence-corrected chi connectivity index (χ1v) is 7.10. The monoisotopic (exact) mass is 300 g/mol. The third-order valence-corrected chi connectivity index (χ3v) is 4.25. The first-order chi connectivity index (χ1) is 10.1. The molecular formula is C15H12N2O3S. The molecule has 0 spiro atoms. The second-order valence-corrected chi connectivity index (χ2v) is 5.56. The Labute approximate surface area is 125 Å². The molecule has 0 fully saturated rings. The van der Waals surface area contributed by atoms with E-state index in [0.717, 1.165) is 15.3 Å². The zero-order valence-corrected chi connectivity index (χ0v) is 11.8. The SMILES string of the molecule is N#Cc1ccc(-c2ccc(C(CCC(=O)O)N=O)s2)cc1. The molecule has 0 amide bonds. The van der Waals surface area contributed by atoms with Crippen molar-refractivity contribution in [2.75, 3.05) is 0 Å². The van der Waals surface area contributed by atoms with Crippen LogP contribution < -0.4 is 0 Å². The summed E-state index contributed by atoms with van der Waals surface area (Å²) in [6.07, 6.45) is 0.118. The van der Waals surface area contributed by atoms with Gasteiger partial charge in [-0.2, -0.15) is 10.2 Å². The normalized spacial score (nSPS) is 11.6. The number of hydrogen-bond donors (Lipinski definition) is 1. The lowest BCUT2D eigenvalue weighted by Gasteiger charge is -2.04. The Hall–Kier alpha value is -2.52. The molecule has 106 valence electrons. The third kappa shape index (κ3) is 3.74. The molecule has 0 aliphatic rings. The fourth-order valence-electron chi connectivity index (χ4n) is 1.90. The van der Waals surface area contributed by atoms with Crippen LogP contribution in [0, 0.1) is 16.2 Å². The minimum absolute atomic E-state index is 0.0828. The molecule has 0 radical (unpaired) electrons. The van der Waals surface area contributed by atoms with Gasteiger partial charge in [0.2, 0.25) is 0 Å². The van der Waals surface area contributed by atoms with Crippen LogP contribution in [0.3, 0.4) is 0 Å². The predicted octanol–water partition coefficient (Wildman–Crippen LogP) is 3.96. The topological polar surface area (TPSA) is 90.5 Å². The lowest BCUT2D eigenvalue weighted by molar-refractivity contribution is -0.137. The van der Waals surface area contributed by atoms with Gasteiger partial charge >= 0.3 is 5.97 Å². The van der Waals surface area contributed by atoms with E-state index < -0.39 is 12.0 Å². The van der Waals surface area contributed by atoms with Gasteiger partial charge in [-0.1, -0.05) is 17.3 Å². The molecule has 6 heteroatoms. The highest BCUT2D eigenvalue weighted by Gasteiger charge is 2.16. The number of nitroso groups, excluding NO2 is 1. The van der Waals surface area contributed by atoms with Crippen LogP contribution in [0.15, 0.2) is 41.6 Å². The van der Waals surface area contributed by atoms with E-state index >= 15 is 0 Å². The van der Waals surface area contributed by atoms with E-state index in [9.17, 15) is 9.70 Å². The van der Waals surface area contributed by atoms with Crippen LogP contribution in [0.1, 0.15) is 29.3 Å². The molecule has 0 bridgehead atoms. The van der Waals surface area contributed by atoms with Crippen LogP contribution in [-0.4, -0.2) is 11.1 Å². The van der Waals surface area contributed by atoms with E-state index in [0.29, 0.717) is 5.56 Å². The molecule has 0 saturated carbocycles. The second kappa shape index (κ2) is 6.77. The Morgan fingerprint density at radius 3 is 2.57 bits per heavy atom. The second-order valence-electron chi connectivity index (χ2n) is 4.44. The van der Waals surface area contributed by atoms with Gasteiger partial charge in [0.05, 0.1) is 11.6 Å². The van der Waals surface area contributed by atoms with Gasteiger partial charge in [0.1, 0.15) is 6.04 Å². The minimum atomic E-state index is -0.937. The van der Waals surface area contributed by atoms with Gasteiger partial charge < -0.3 is 5.11 Å². The highest BCUT2D eigenvalue weighted by Crippen LogP contribution is 2.34. The quantitative estimate of drug-likeness (QED) is 0.817. The molecule has 2 aromatic rings. The average Bonchev–Trinajstić information content (AvgIpc) is 2.97. The summed E-state index contributed by atoms with van der Waals surface area (Å²) in [6.45, 7) is 0. The van der Waals surface area contributed by atoms with Crippen molar-refractivity contribution in [3.63, 3.8) is 0 Å². The zero-order valence-electron chi connectivity index (χ0n) is 11.0. The number of carboxylic acids is 1. The Morgan fingerprint density at radius 2 is 2.00 bits per heavy atom. The van der Waals surface area contributed by atoms with Crippen molar-refractivity contribution in [1.29, 1.82) is 5.26 Å². The molecule has 1 aromatic carbocycles. The van der Waals surface area contributed by atoms with Crippen molar-refractivity contribution in [3.05, 3.63) is 51.7 Å². The lowest BCUT2D eigenvalue weighted by Crippen LogP contribution is -1.99. The fourth-order valence-corrected chi connectivity index (χ4v) is 2.98. The van der Waals surface area contributed by atoms with Gasteiger partial charge in [0.15, 0.2) is 0 Å². The standard InChI is InChI=1S/C15H12N2O3S/c16-9-10-1-3-11(4-2-10)13-6-7-14(21-13)12(17-20)5-8-15(18)19/h1-4,6-7,12H,5,8H2,(H,18,19). The molecule has 0 aliphatic heterocycles. The van der Waals surface area contributed by atoms with E-state index in [4.69, 9.17) is 10.4 Å². The number of hydrogen-bond acceptors (Lipinski definition) is 5. The Kier molecular flexibility index (Phi) is 4.80. The predicted molar refractivity (Wildman–Crippen MR) is 79.9 cm³/mol. The molecule has 21 heavy (non-hydrogen) atoms. The smallest absolute Gasteiger partial charge is 0.303 e. The Balaban J connectivity index is 2.17. The van der Waals surface area contributed by atoms with E-state index in [1.807, 2.05) is 18.2 Å². The van der Waals surface area contributed by atoms with E-state index in [1.54, 1.807) is 18.2 Å². The maximum Gasteiger partial charge on any atom is 0.303 e. The fraction of sp³-hybridized carbons (Fsp3) is 0.200. The van der Waals surface area contributed by atoms with E-state index in [-0.39, 0.29) is 12.8 Å². The van der Waals surface area contributed by atoms with Crippen molar-refractivity contribution in [2.24, 2.45) is 5.18 Å². The minimum Gasteiger partial charge on any atom is -0.481 e. The van der Waals surface area contributed by atoms with Gasteiger partial charge in [-0.15, -0.1) is 11.3 Å². The van der Waals surface area contributed by atoms with Crippen LogP contribution in [0.2, 0.25) is 0 Å².